The SMILES string of the molecule is CC(NC1CCN(C(=O)OC(C)(C)C)C1)c1cccnc1. The van der Waals surface area contributed by atoms with Crippen molar-refractivity contribution >= 4 is 6.09 Å². The lowest BCUT2D eigenvalue weighted by Crippen LogP contribution is -2.39. The zero-order valence-electron chi connectivity index (χ0n) is 13.3. The number of hydrogen-bond acceptors (Lipinski definition) is 4. The number of carbonyl (C=O) groups is 1. The fourth-order valence-corrected chi connectivity index (χ4v) is 2.47. The summed E-state index contributed by atoms with van der Waals surface area (Å²) in [5.41, 5.74) is 0.721. The van der Waals surface area contributed by atoms with Crippen LogP contribution in [0.2, 0.25) is 0 Å². The first kappa shape index (κ1) is 15.8. The average Bonchev–Trinajstić information content (AvgIpc) is 2.86. The molecule has 1 N–H and O–H groups in total. The molecule has 2 unspecified atom stereocenters. The Labute approximate surface area is 126 Å². The minimum absolute atomic E-state index is 0.221. The summed E-state index contributed by atoms with van der Waals surface area (Å²) in [5.74, 6) is 0. The van der Waals surface area contributed by atoms with E-state index in [0.29, 0.717) is 12.6 Å². The number of carbonyl (C=O) groups excluding carboxylic acids is 1. The van der Waals surface area contributed by atoms with E-state index in [1.165, 1.54) is 0 Å². The number of nitrogens with one attached hydrogen (secondary N) is 1. The molecule has 2 atom stereocenters. The first-order valence-corrected chi connectivity index (χ1v) is 7.49. The van der Waals surface area contributed by atoms with Crippen LogP contribution in [0.3, 0.4) is 0 Å². The van der Waals surface area contributed by atoms with Crippen LogP contribution < -0.4 is 5.32 Å². The number of rotatable bonds is 3. The maximum atomic E-state index is 12.0. The molecule has 0 saturated carbocycles. The highest BCUT2D eigenvalue weighted by molar-refractivity contribution is 5.68. The van der Waals surface area contributed by atoms with Crippen LogP contribution >= 0.6 is 0 Å². The second-order valence-electron chi connectivity index (χ2n) is 6.59. The Hall–Kier alpha value is -1.62. The van der Waals surface area contributed by atoms with Gasteiger partial charge in [0.15, 0.2) is 0 Å². The minimum Gasteiger partial charge on any atom is -0.444 e. The van der Waals surface area contributed by atoms with E-state index in [-0.39, 0.29) is 12.1 Å². The molecule has 5 nitrogen and oxygen atoms in total. The van der Waals surface area contributed by atoms with Crippen LogP contribution in [0.15, 0.2) is 24.5 Å². The summed E-state index contributed by atoms with van der Waals surface area (Å²) in [6.45, 7) is 9.22. The van der Waals surface area contributed by atoms with Crippen LogP contribution in [0.4, 0.5) is 4.79 Å². The molecule has 1 aliphatic rings. The van der Waals surface area contributed by atoms with Gasteiger partial charge in [-0.05, 0) is 45.7 Å². The molecule has 0 bridgehead atoms. The highest BCUT2D eigenvalue weighted by Gasteiger charge is 2.30. The highest BCUT2D eigenvalue weighted by Crippen LogP contribution is 2.18. The summed E-state index contributed by atoms with van der Waals surface area (Å²) in [6.07, 6.45) is 4.37. The minimum atomic E-state index is -0.439. The van der Waals surface area contributed by atoms with Crippen LogP contribution in [-0.4, -0.2) is 40.7 Å². The molecular formula is C16H25N3O2. The van der Waals surface area contributed by atoms with Crippen molar-refractivity contribution < 1.29 is 9.53 Å². The number of aromatic nitrogens is 1. The Kier molecular flexibility index (Phi) is 4.83. The Morgan fingerprint density at radius 1 is 1.52 bits per heavy atom. The molecule has 2 heterocycles. The predicted octanol–water partition coefficient (Wildman–Crippen LogP) is 2.74. The summed E-state index contributed by atoms with van der Waals surface area (Å²) in [5, 5.41) is 3.55. The van der Waals surface area contributed by atoms with Crippen molar-refractivity contribution in [3.8, 4) is 0 Å². The third-order valence-electron chi connectivity index (χ3n) is 3.51. The molecule has 0 aliphatic carbocycles. The van der Waals surface area contributed by atoms with Gasteiger partial charge < -0.3 is 15.0 Å². The zero-order valence-corrected chi connectivity index (χ0v) is 13.3. The number of ether oxygens (including phenoxy) is 1. The van der Waals surface area contributed by atoms with Gasteiger partial charge in [-0.2, -0.15) is 0 Å². The van der Waals surface area contributed by atoms with Crippen LogP contribution in [0.25, 0.3) is 0 Å². The lowest BCUT2D eigenvalue weighted by Gasteiger charge is -2.25. The molecule has 0 spiro atoms. The summed E-state index contributed by atoms with van der Waals surface area (Å²) >= 11 is 0. The van der Waals surface area contributed by atoms with E-state index in [1.807, 2.05) is 33.0 Å². The molecule has 1 aliphatic heterocycles. The average molecular weight is 291 g/mol. The van der Waals surface area contributed by atoms with Gasteiger partial charge in [0.05, 0.1) is 0 Å². The summed E-state index contributed by atoms with van der Waals surface area (Å²) < 4.78 is 5.41. The van der Waals surface area contributed by atoms with Gasteiger partial charge in [-0.1, -0.05) is 6.07 Å². The maximum absolute atomic E-state index is 12.0. The van der Waals surface area contributed by atoms with Crippen LogP contribution in [-0.2, 0) is 4.74 Å². The quantitative estimate of drug-likeness (QED) is 0.930. The standard InChI is InChI=1S/C16H25N3O2/c1-12(13-6-5-8-17-10-13)18-14-7-9-19(11-14)15(20)21-16(2,3)4/h5-6,8,10,12,14,18H,7,9,11H2,1-4H3. The van der Waals surface area contributed by atoms with Crippen LogP contribution in [0, 0.1) is 0 Å². The van der Waals surface area contributed by atoms with Crippen molar-refractivity contribution in [2.24, 2.45) is 0 Å². The number of nitrogens with zero attached hydrogens (tertiary/aromatic N) is 2. The third kappa shape index (κ3) is 4.70. The van der Waals surface area contributed by atoms with Crippen molar-refractivity contribution in [3.63, 3.8) is 0 Å². The first-order chi connectivity index (χ1) is 9.85. The third-order valence-corrected chi connectivity index (χ3v) is 3.51. The van der Waals surface area contributed by atoms with Gasteiger partial charge >= 0.3 is 6.09 Å². The molecule has 0 radical (unpaired) electrons. The largest absolute Gasteiger partial charge is 0.444 e. The highest BCUT2D eigenvalue weighted by atomic mass is 16.6. The lowest BCUT2D eigenvalue weighted by molar-refractivity contribution is 0.0290. The Balaban J connectivity index is 1.84. The Bertz CT molecular complexity index is 470. The van der Waals surface area contributed by atoms with Gasteiger partial charge in [-0.3, -0.25) is 4.98 Å². The molecule has 116 valence electrons. The van der Waals surface area contributed by atoms with E-state index in [2.05, 4.69) is 23.3 Å². The predicted molar refractivity (Wildman–Crippen MR) is 82.0 cm³/mol. The number of amides is 1. The normalized spacial score (nSPS) is 20.4. The van der Waals surface area contributed by atoms with Crippen molar-refractivity contribution in [1.82, 2.24) is 15.2 Å². The molecule has 1 amide bonds. The van der Waals surface area contributed by atoms with Gasteiger partial charge in [0.2, 0.25) is 0 Å². The molecule has 21 heavy (non-hydrogen) atoms. The van der Waals surface area contributed by atoms with E-state index in [0.717, 1.165) is 18.5 Å². The fourth-order valence-electron chi connectivity index (χ4n) is 2.47. The monoisotopic (exact) mass is 291 g/mol. The van der Waals surface area contributed by atoms with E-state index >= 15 is 0 Å². The molecule has 5 heteroatoms. The van der Waals surface area contributed by atoms with E-state index in [1.54, 1.807) is 11.1 Å². The van der Waals surface area contributed by atoms with Gasteiger partial charge in [-0.15, -0.1) is 0 Å². The lowest BCUT2D eigenvalue weighted by atomic mass is 10.1. The maximum Gasteiger partial charge on any atom is 0.410 e. The number of likely N-dealkylation sites (tertiary alicyclic amines) is 1. The summed E-state index contributed by atoms with van der Waals surface area (Å²) in [4.78, 5) is 17.9. The molecule has 0 aromatic carbocycles. The summed E-state index contributed by atoms with van der Waals surface area (Å²) in [7, 11) is 0. The molecular weight excluding hydrogens is 266 g/mol. The van der Waals surface area contributed by atoms with Gasteiger partial charge in [0.1, 0.15) is 5.60 Å². The molecule has 1 fully saturated rings. The number of pyridine rings is 1. The molecule has 1 aromatic heterocycles. The van der Waals surface area contributed by atoms with Gasteiger partial charge in [0.25, 0.3) is 0 Å². The van der Waals surface area contributed by atoms with Crippen molar-refractivity contribution in [1.29, 1.82) is 0 Å². The topological polar surface area (TPSA) is 54.5 Å². The van der Waals surface area contributed by atoms with Gasteiger partial charge in [0, 0.05) is 37.6 Å². The second-order valence-corrected chi connectivity index (χ2v) is 6.59. The van der Waals surface area contributed by atoms with E-state index in [9.17, 15) is 4.79 Å². The first-order valence-electron chi connectivity index (χ1n) is 7.49. The van der Waals surface area contributed by atoms with Crippen molar-refractivity contribution in [3.05, 3.63) is 30.1 Å². The zero-order chi connectivity index (χ0) is 15.5. The molecule has 1 aromatic rings. The van der Waals surface area contributed by atoms with Crippen LogP contribution in [0.1, 0.15) is 45.7 Å². The summed E-state index contributed by atoms with van der Waals surface area (Å²) in [6, 6.07) is 4.52. The van der Waals surface area contributed by atoms with Crippen LogP contribution in [0.5, 0.6) is 0 Å². The molecule has 1 saturated heterocycles. The van der Waals surface area contributed by atoms with Crippen molar-refractivity contribution in [2.75, 3.05) is 13.1 Å². The second kappa shape index (κ2) is 6.43. The Morgan fingerprint density at radius 2 is 2.29 bits per heavy atom. The Morgan fingerprint density at radius 3 is 2.90 bits per heavy atom. The fraction of sp³-hybridized carbons (Fsp3) is 0.625. The van der Waals surface area contributed by atoms with Crippen molar-refractivity contribution in [2.45, 2.75) is 51.8 Å². The number of hydrogen-bond donors (Lipinski definition) is 1. The molecule has 2 rings (SSSR count). The smallest absolute Gasteiger partial charge is 0.410 e. The van der Waals surface area contributed by atoms with E-state index in [4.69, 9.17) is 4.74 Å². The van der Waals surface area contributed by atoms with Gasteiger partial charge in [-0.25, -0.2) is 4.79 Å². The van der Waals surface area contributed by atoms with E-state index < -0.39 is 5.60 Å².